The van der Waals surface area contributed by atoms with Crippen LogP contribution in [0.3, 0.4) is 0 Å². The van der Waals surface area contributed by atoms with Crippen LogP contribution in [0.25, 0.3) is 0 Å². The van der Waals surface area contributed by atoms with Gasteiger partial charge in [0.15, 0.2) is 5.13 Å². The maximum Gasteiger partial charge on any atom is 0.185 e. The maximum atomic E-state index is 5.41. The fraction of sp³-hybridized carbons (Fsp3) is 0.700. The van der Waals surface area contributed by atoms with Crippen LogP contribution in [0.1, 0.15) is 12.8 Å². The van der Waals surface area contributed by atoms with Gasteiger partial charge in [0.25, 0.3) is 0 Å². The molecule has 1 unspecified atom stereocenters. The molecule has 1 aromatic heterocycles. The van der Waals surface area contributed by atoms with Gasteiger partial charge in [-0.3, -0.25) is 0 Å². The van der Waals surface area contributed by atoms with Crippen LogP contribution in [-0.2, 0) is 9.47 Å². The fourth-order valence-corrected chi connectivity index (χ4v) is 2.63. The van der Waals surface area contributed by atoms with Gasteiger partial charge in [0, 0.05) is 25.2 Å². The summed E-state index contributed by atoms with van der Waals surface area (Å²) < 4.78 is 10.3. The fourth-order valence-electron chi connectivity index (χ4n) is 1.89. The molecule has 1 aliphatic rings. The molecule has 15 heavy (non-hydrogen) atoms. The van der Waals surface area contributed by atoms with E-state index in [0.29, 0.717) is 12.8 Å². The van der Waals surface area contributed by atoms with Gasteiger partial charge in [0.05, 0.1) is 12.6 Å². The van der Waals surface area contributed by atoms with Crippen LogP contribution in [0.5, 0.6) is 0 Å². The number of methoxy groups -OCH3 is 1. The average molecular weight is 228 g/mol. The summed E-state index contributed by atoms with van der Waals surface area (Å²) in [7, 11) is 1.65. The van der Waals surface area contributed by atoms with Gasteiger partial charge >= 0.3 is 0 Å². The summed E-state index contributed by atoms with van der Waals surface area (Å²) in [6.45, 7) is 2.20. The van der Waals surface area contributed by atoms with Crippen LogP contribution in [-0.4, -0.2) is 38.1 Å². The second-order valence-corrected chi connectivity index (χ2v) is 4.45. The molecule has 1 fully saturated rings. The molecule has 1 atom stereocenters. The summed E-state index contributed by atoms with van der Waals surface area (Å²) >= 11 is 1.69. The Kier molecular flexibility index (Phi) is 3.94. The molecule has 2 rings (SSSR count). The van der Waals surface area contributed by atoms with Gasteiger partial charge < -0.3 is 14.4 Å². The SMILES string of the molecule is COCOCC1CCCN1c1nccs1. The number of rotatable bonds is 5. The van der Waals surface area contributed by atoms with Crippen molar-refractivity contribution in [1.29, 1.82) is 0 Å². The third-order valence-corrected chi connectivity index (χ3v) is 3.36. The second-order valence-electron chi connectivity index (χ2n) is 3.58. The lowest BCUT2D eigenvalue weighted by Gasteiger charge is -2.23. The molecular weight excluding hydrogens is 212 g/mol. The Balaban J connectivity index is 1.88. The molecule has 0 saturated carbocycles. The van der Waals surface area contributed by atoms with Crippen molar-refractivity contribution >= 4 is 16.5 Å². The first-order valence-corrected chi connectivity index (χ1v) is 6.02. The van der Waals surface area contributed by atoms with Crippen LogP contribution in [0.2, 0.25) is 0 Å². The van der Waals surface area contributed by atoms with Gasteiger partial charge in [-0.15, -0.1) is 11.3 Å². The second kappa shape index (κ2) is 5.44. The molecule has 0 spiro atoms. The molecular formula is C10H16N2O2S. The predicted molar refractivity (Wildman–Crippen MR) is 60.3 cm³/mol. The zero-order chi connectivity index (χ0) is 10.5. The van der Waals surface area contributed by atoms with Crippen molar-refractivity contribution in [3.63, 3.8) is 0 Å². The summed E-state index contributed by atoms with van der Waals surface area (Å²) in [6.07, 6.45) is 4.26. The highest BCUT2D eigenvalue weighted by molar-refractivity contribution is 7.13. The number of hydrogen-bond donors (Lipinski definition) is 0. The molecule has 84 valence electrons. The lowest BCUT2D eigenvalue weighted by Crippen LogP contribution is -2.33. The topological polar surface area (TPSA) is 34.6 Å². The van der Waals surface area contributed by atoms with E-state index >= 15 is 0 Å². The van der Waals surface area contributed by atoms with E-state index < -0.39 is 0 Å². The van der Waals surface area contributed by atoms with Crippen LogP contribution in [0.15, 0.2) is 11.6 Å². The smallest absolute Gasteiger partial charge is 0.185 e. The number of ether oxygens (including phenoxy) is 2. The summed E-state index contributed by atoms with van der Waals surface area (Å²) in [5, 5.41) is 3.12. The van der Waals surface area contributed by atoms with Gasteiger partial charge in [-0.05, 0) is 12.8 Å². The predicted octanol–water partition coefficient (Wildman–Crippen LogP) is 1.73. The van der Waals surface area contributed by atoms with Gasteiger partial charge in [-0.25, -0.2) is 4.98 Å². The van der Waals surface area contributed by atoms with Crippen molar-refractivity contribution in [2.45, 2.75) is 18.9 Å². The van der Waals surface area contributed by atoms with E-state index in [0.717, 1.165) is 18.3 Å². The number of aromatic nitrogens is 1. The van der Waals surface area contributed by atoms with E-state index in [2.05, 4.69) is 9.88 Å². The van der Waals surface area contributed by atoms with Crippen LogP contribution >= 0.6 is 11.3 Å². The molecule has 4 nitrogen and oxygen atoms in total. The highest BCUT2D eigenvalue weighted by Crippen LogP contribution is 2.27. The third kappa shape index (κ3) is 2.68. The number of anilines is 1. The van der Waals surface area contributed by atoms with E-state index in [1.807, 2.05) is 11.6 Å². The van der Waals surface area contributed by atoms with Gasteiger partial charge in [0.2, 0.25) is 0 Å². The molecule has 2 heterocycles. The first-order valence-electron chi connectivity index (χ1n) is 5.14. The Morgan fingerprint density at radius 2 is 2.60 bits per heavy atom. The van der Waals surface area contributed by atoms with E-state index in [-0.39, 0.29) is 0 Å². The first kappa shape index (κ1) is 10.9. The van der Waals surface area contributed by atoms with Crippen molar-refractivity contribution in [3.8, 4) is 0 Å². The molecule has 1 saturated heterocycles. The molecule has 0 bridgehead atoms. The van der Waals surface area contributed by atoms with Crippen molar-refractivity contribution in [2.75, 3.05) is 32.0 Å². The van der Waals surface area contributed by atoms with Crippen LogP contribution < -0.4 is 4.90 Å². The normalized spacial score (nSPS) is 21.1. The minimum Gasteiger partial charge on any atom is -0.359 e. The number of nitrogens with zero attached hydrogens (tertiary/aromatic N) is 2. The molecule has 0 aliphatic carbocycles. The lowest BCUT2D eigenvalue weighted by atomic mass is 10.2. The molecule has 1 aromatic rings. The largest absolute Gasteiger partial charge is 0.359 e. The highest BCUT2D eigenvalue weighted by atomic mass is 32.1. The highest BCUT2D eigenvalue weighted by Gasteiger charge is 2.26. The Morgan fingerprint density at radius 1 is 1.67 bits per heavy atom. The minimum atomic E-state index is 0.377. The summed E-state index contributed by atoms with van der Waals surface area (Å²) in [4.78, 5) is 6.67. The van der Waals surface area contributed by atoms with E-state index in [1.165, 1.54) is 12.8 Å². The zero-order valence-electron chi connectivity index (χ0n) is 8.89. The summed E-state index contributed by atoms with van der Waals surface area (Å²) in [5.41, 5.74) is 0. The lowest BCUT2D eigenvalue weighted by molar-refractivity contribution is -0.0346. The van der Waals surface area contributed by atoms with E-state index in [4.69, 9.17) is 9.47 Å². The molecule has 0 amide bonds. The molecule has 0 radical (unpaired) electrons. The Bertz CT molecular complexity index is 279. The van der Waals surface area contributed by atoms with Crippen molar-refractivity contribution in [2.24, 2.45) is 0 Å². The standard InChI is InChI=1S/C10H16N2O2S/c1-13-8-14-7-9-3-2-5-12(9)10-11-4-6-15-10/h4,6,9H,2-3,5,7-8H2,1H3. The van der Waals surface area contributed by atoms with Crippen LogP contribution in [0.4, 0.5) is 5.13 Å². The van der Waals surface area contributed by atoms with Crippen molar-refractivity contribution in [3.05, 3.63) is 11.6 Å². The zero-order valence-corrected chi connectivity index (χ0v) is 9.70. The van der Waals surface area contributed by atoms with E-state index in [9.17, 15) is 0 Å². The van der Waals surface area contributed by atoms with Crippen molar-refractivity contribution < 1.29 is 9.47 Å². The summed E-state index contributed by atoms with van der Waals surface area (Å²) in [5.74, 6) is 0. The van der Waals surface area contributed by atoms with Crippen molar-refractivity contribution in [1.82, 2.24) is 4.98 Å². The molecule has 5 heteroatoms. The third-order valence-electron chi connectivity index (χ3n) is 2.55. The Labute approximate surface area is 93.8 Å². The molecule has 0 N–H and O–H groups in total. The quantitative estimate of drug-likeness (QED) is 0.568. The van der Waals surface area contributed by atoms with E-state index in [1.54, 1.807) is 18.4 Å². The van der Waals surface area contributed by atoms with Gasteiger partial charge in [-0.1, -0.05) is 0 Å². The van der Waals surface area contributed by atoms with Crippen LogP contribution in [0, 0.1) is 0 Å². The van der Waals surface area contributed by atoms with Gasteiger partial charge in [0.1, 0.15) is 6.79 Å². The monoisotopic (exact) mass is 228 g/mol. The number of thiazole rings is 1. The maximum absolute atomic E-state index is 5.41. The van der Waals surface area contributed by atoms with Gasteiger partial charge in [-0.2, -0.15) is 0 Å². The minimum absolute atomic E-state index is 0.377. The molecule has 1 aliphatic heterocycles. The molecule has 0 aromatic carbocycles. The Hall–Kier alpha value is -0.650. The summed E-state index contributed by atoms with van der Waals surface area (Å²) in [6, 6.07) is 0.464. The Morgan fingerprint density at radius 3 is 3.33 bits per heavy atom. The average Bonchev–Trinajstić information content (AvgIpc) is 2.87. The number of hydrogen-bond acceptors (Lipinski definition) is 5. The first-order chi connectivity index (χ1) is 7.42.